The molecule has 0 aliphatic rings. The molecule has 14 heavy (non-hydrogen) atoms. The molecule has 3 nitrogen and oxygen atoms in total. The van der Waals surface area contributed by atoms with E-state index in [-0.39, 0.29) is 65.6 Å². The molecule has 0 saturated heterocycles. The van der Waals surface area contributed by atoms with Crippen LogP contribution in [0.25, 0.3) is 0 Å². The van der Waals surface area contributed by atoms with Gasteiger partial charge in [0.25, 0.3) is 0 Å². The van der Waals surface area contributed by atoms with Gasteiger partial charge in [0.05, 0.1) is 6.34 Å². The Labute approximate surface area is 134 Å². The van der Waals surface area contributed by atoms with E-state index >= 15 is 0 Å². The Morgan fingerprint density at radius 1 is 1.43 bits per heavy atom. The van der Waals surface area contributed by atoms with Crippen molar-refractivity contribution in [1.82, 2.24) is 4.57 Å². The summed E-state index contributed by atoms with van der Waals surface area (Å²) in [6.45, 7) is 4.17. The zero-order valence-electron chi connectivity index (χ0n) is 9.33. The normalized spacial score (nSPS) is 8.79. The van der Waals surface area contributed by atoms with E-state index in [1.807, 2.05) is 6.07 Å². The molecular weight excluding hydrogens is 248 g/mol. The van der Waals surface area contributed by atoms with Gasteiger partial charge in [-0.1, -0.05) is 13.8 Å². The second-order valence-electron chi connectivity index (χ2n) is 3.04. The molecule has 2 N–H and O–H groups in total. The van der Waals surface area contributed by atoms with E-state index in [0.717, 1.165) is 11.9 Å². The first-order chi connectivity index (χ1) is 5.65. The van der Waals surface area contributed by atoms with Crippen LogP contribution in [0.5, 0.6) is 0 Å². The molecule has 0 amide bonds. The quantitative estimate of drug-likeness (QED) is 0.391. The fraction of sp³-hybridized carbons (Fsp3) is 0.300. The molecule has 0 aromatic carbocycles. The second-order valence-corrected chi connectivity index (χ2v) is 3.04. The summed E-state index contributed by atoms with van der Waals surface area (Å²) < 4.78 is 1.46. The van der Waals surface area contributed by atoms with Crippen LogP contribution in [0.2, 0.25) is 0 Å². The number of nitrogens with zero attached hydrogens (tertiary/aromatic N) is 1. The van der Waals surface area contributed by atoms with Crippen LogP contribution in [0.1, 0.15) is 25.3 Å². The molecule has 0 aliphatic heterocycles. The van der Waals surface area contributed by atoms with Crippen LogP contribution < -0.4 is 63.7 Å². The summed E-state index contributed by atoms with van der Waals surface area (Å²) in [6, 6.07) is 3.73. The van der Waals surface area contributed by atoms with Crippen LogP contribution in [0, 0.1) is 18.2 Å². The van der Waals surface area contributed by atoms with Gasteiger partial charge < -0.3 is 7.43 Å². The minimum atomic E-state index is 0. The number of nitrogens with one attached hydrogen (secondary N) is 2. The number of pyridine rings is 1. The smallest absolute Gasteiger partial charge is 0.358 e. The van der Waals surface area contributed by atoms with E-state index in [9.17, 15) is 0 Å². The van der Waals surface area contributed by atoms with Crippen molar-refractivity contribution in [3.8, 4) is 0 Å². The van der Waals surface area contributed by atoms with E-state index in [0.29, 0.717) is 11.4 Å². The largest absolute Gasteiger partial charge is 1.00 e. The van der Waals surface area contributed by atoms with Crippen LogP contribution in [0.15, 0.2) is 18.3 Å². The van der Waals surface area contributed by atoms with Crippen molar-refractivity contribution in [3.05, 3.63) is 36.8 Å². The van der Waals surface area contributed by atoms with Crippen molar-refractivity contribution in [2.45, 2.75) is 19.8 Å². The minimum absolute atomic E-state index is 0. The summed E-state index contributed by atoms with van der Waals surface area (Å²) in [5, 5.41) is 14.5. The molecule has 0 bridgehead atoms. The van der Waals surface area contributed by atoms with Crippen LogP contribution in [0.3, 0.4) is 0 Å². The average molecular weight is 264 g/mol. The Morgan fingerprint density at radius 3 is 2.36 bits per heavy atom. The predicted octanol–water partition coefficient (Wildman–Crippen LogP) is -1.000. The molecule has 1 aromatic heterocycles. The van der Waals surface area contributed by atoms with Crippen LogP contribution in [0.4, 0.5) is 0 Å². The van der Waals surface area contributed by atoms with Crippen molar-refractivity contribution in [2.75, 3.05) is 0 Å². The van der Waals surface area contributed by atoms with Gasteiger partial charge in [-0.2, -0.15) is 0 Å². The van der Waals surface area contributed by atoms with E-state index in [4.69, 9.17) is 10.8 Å². The number of rotatable bonds is 2. The third kappa shape index (κ3) is 4.30. The van der Waals surface area contributed by atoms with Crippen molar-refractivity contribution in [3.63, 3.8) is 0 Å². The summed E-state index contributed by atoms with van der Waals surface area (Å²) in [6.07, 6.45) is 2.87. The number of hydrogen-bond donors (Lipinski definition) is 2. The molecule has 1 aromatic rings. The third-order valence-corrected chi connectivity index (χ3v) is 1.81. The Kier molecular flexibility index (Phi) is 9.24. The molecule has 4 heteroatoms. The molecule has 0 fully saturated rings. The van der Waals surface area contributed by atoms with E-state index in [1.165, 1.54) is 4.57 Å². The van der Waals surface area contributed by atoms with E-state index in [1.54, 1.807) is 12.3 Å². The third-order valence-electron chi connectivity index (χ3n) is 1.81. The second kappa shape index (κ2) is 7.68. The summed E-state index contributed by atoms with van der Waals surface area (Å²) in [4.78, 5) is 0. The Morgan fingerprint density at radius 2 is 2.00 bits per heavy atom. The standard InChI is InChI=1S/C9H13N3.CH3.Rb/c1-7(2)8-3-4-12(6-10)9(11)5-8;;/h3-7,10-11H,1-2H3;1H3;/q;-1;+1. The average Bonchev–Trinajstić information content (AvgIpc) is 2.04. The number of hydrogen-bond acceptors (Lipinski definition) is 2. The van der Waals surface area contributed by atoms with Gasteiger partial charge in [-0.3, -0.25) is 15.4 Å². The summed E-state index contributed by atoms with van der Waals surface area (Å²) >= 11 is 0. The molecule has 0 unspecified atom stereocenters. The molecule has 0 radical (unpaired) electrons. The predicted molar refractivity (Wildman–Crippen MR) is 55.0 cm³/mol. The van der Waals surface area contributed by atoms with Gasteiger partial charge in [0.1, 0.15) is 5.49 Å². The molecular formula is C10H16N3Rb. The molecule has 0 aliphatic carbocycles. The maximum Gasteiger partial charge on any atom is 1.00 e. The molecule has 0 atom stereocenters. The first kappa shape index (κ1) is 16.8. The molecule has 0 saturated carbocycles. The van der Waals surface area contributed by atoms with Gasteiger partial charge in [0.15, 0.2) is 0 Å². The maximum atomic E-state index is 7.52. The fourth-order valence-electron chi connectivity index (χ4n) is 0.999. The molecule has 1 heterocycles. The first-order valence-corrected chi connectivity index (χ1v) is 3.92. The van der Waals surface area contributed by atoms with Gasteiger partial charge in [0, 0.05) is 6.20 Å². The zero-order valence-corrected chi connectivity index (χ0v) is 14.3. The van der Waals surface area contributed by atoms with E-state index in [2.05, 4.69) is 13.8 Å². The van der Waals surface area contributed by atoms with Crippen LogP contribution in [-0.4, -0.2) is 10.9 Å². The van der Waals surface area contributed by atoms with Gasteiger partial charge in [-0.25, -0.2) is 0 Å². The molecule has 0 spiro atoms. The molecule has 72 valence electrons. The Bertz CT molecular complexity index is 341. The van der Waals surface area contributed by atoms with Gasteiger partial charge >= 0.3 is 58.2 Å². The summed E-state index contributed by atoms with van der Waals surface area (Å²) in [5.74, 6) is 0.439. The van der Waals surface area contributed by atoms with Gasteiger partial charge in [0.2, 0.25) is 0 Å². The van der Waals surface area contributed by atoms with Gasteiger partial charge in [-0.05, 0) is 23.6 Å². The Hall–Kier alpha value is 0.425. The summed E-state index contributed by atoms with van der Waals surface area (Å²) in [5.41, 5.74) is 1.49. The fourth-order valence-corrected chi connectivity index (χ4v) is 0.999. The molecule has 1 rings (SSSR count). The zero-order chi connectivity index (χ0) is 9.14. The SMILES string of the molecule is CC(C)c1ccn(C=N)c(=N)c1.[CH3-].[Rb+]. The van der Waals surface area contributed by atoms with Crippen molar-refractivity contribution in [2.24, 2.45) is 0 Å². The number of aromatic nitrogens is 1. The van der Waals surface area contributed by atoms with Gasteiger partial charge in [-0.15, -0.1) is 0 Å². The topological polar surface area (TPSA) is 52.6 Å². The van der Waals surface area contributed by atoms with Crippen molar-refractivity contribution in [1.29, 1.82) is 10.8 Å². The van der Waals surface area contributed by atoms with Crippen LogP contribution >= 0.6 is 0 Å². The first-order valence-electron chi connectivity index (χ1n) is 3.92. The van der Waals surface area contributed by atoms with Crippen molar-refractivity contribution < 1.29 is 58.2 Å². The van der Waals surface area contributed by atoms with E-state index < -0.39 is 0 Å². The summed E-state index contributed by atoms with van der Waals surface area (Å²) in [7, 11) is 0. The Balaban J connectivity index is 0. The van der Waals surface area contributed by atoms with Crippen LogP contribution in [-0.2, 0) is 0 Å². The van der Waals surface area contributed by atoms with Crippen molar-refractivity contribution >= 4 is 6.34 Å². The monoisotopic (exact) mass is 263 g/mol. The maximum absolute atomic E-state index is 7.52. The minimum Gasteiger partial charge on any atom is -0.358 e.